The van der Waals surface area contributed by atoms with Crippen LogP contribution in [0.15, 0.2) is 59.6 Å². The summed E-state index contributed by atoms with van der Waals surface area (Å²) in [6.07, 6.45) is 0. The van der Waals surface area contributed by atoms with Gasteiger partial charge in [0.1, 0.15) is 22.3 Å². The number of benzene rings is 2. The Labute approximate surface area is 180 Å². The molecule has 30 heavy (non-hydrogen) atoms. The van der Waals surface area contributed by atoms with Crippen LogP contribution in [0.3, 0.4) is 0 Å². The van der Waals surface area contributed by atoms with Crippen molar-refractivity contribution in [1.82, 2.24) is 10.2 Å². The average Bonchev–Trinajstić information content (AvgIpc) is 2.77. The third-order valence-corrected chi connectivity index (χ3v) is 5.14. The van der Waals surface area contributed by atoms with E-state index < -0.39 is 0 Å². The lowest BCUT2D eigenvalue weighted by atomic mass is 10.1. The molecule has 0 aliphatic heterocycles. The van der Waals surface area contributed by atoms with Gasteiger partial charge in [0.15, 0.2) is 0 Å². The molecule has 3 rings (SSSR count). The molecule has 0 bridgehead atoms. The third-order valence-electron chi connectivity index (χ3n) is 4.22. The van der Waals surface area contributed by atoms with Crippen molar-refractivity contribution in [3.8, 4) is 11.5 Å². The zero-order valence-electron chi connectivity index (χ0n) is 17.1. The summed E-state index contributed by atoms with van der Waals surface area (Å²) in [4.78, 5) is 12.3. The number of amides is 1. The first-order valence-corrected chi connectivity index (χ1v) is 10.3. The maximum absolute atomic E-state index is 12.3. The number of rotatable bonds is 9. The fraction of sp³-hybridized carbons (Fsp3) is 0.227. The van der Waals surface area contributed by atoms with Crippen LogP contribution in [0.25, 0.3) is 0 Å². The number of thioether (sulfide) groups is 1. The Balaban J connectivity index is 1.48. The van der Waals surface area contributed by atoms with Gasteiger partial charge in [-0.25, -0.2) is 0 Å². The summed E-state index contributed by atoms with van der Waals surface area (Å²) in [5, 5.41) is 15.1. The van der Waals surface area contributed by atoms with E-state index in [0.29, 0.717) is 34.6 Å². The van der Waals surface area contributed by atoms with Gasteiger partial charge in [0, 0.05) is 30.4 Å². The number of hydrogen-bond acceptors (Lipinski definition) is 7. The summed E-state index contributed by atoms with van der Waals surface area (Å²) < 4.78 is 10.4. The highest BCUT2D eigenvalue weighted by Crippen LogP contribution is 2.26. The Morgan fingerprint density at radius 2 is 1.67 bits per heavy atom. The normalized spacial score (nSPS) is 10.4. The van der Waals surface area contributed by atoms with Gasteiger partial charge in [-0.15, -0.1) is 10.2 Å². The van der Waals surface area contributed by atoms with E-state index >= 15 is 0 Å². The van der Waals surface area contributed by atoms with Gasteiger partial charge in [-0.05, 0) is 24.6 Å². The van der Waals surface area contributed by atoms with Gasteiger partial charge >= 0.3 is 0 Å². The van der Waals surface area contributed by atoms with Crippen molar-refractivity contribution in [3.05, 3.63) is 65.7 Å². The second-order valence-corrected chi connectivity index (χ2v) is 7.53. The van der Waals surface area contributed by atoms with E-state index in [0.717, 1.165) is 0 Å². The van der Waals surface area contributed by atoms with Crippen LogP contribution >= 0.6 is 11.8 Å². The van der Waals surface area contributed by atoms with E-state index in [9.17, 15) is 4.79 Å². The average molecular weight is 425 g/mol. The molecule has 0 spiro atoms. The number of carbonyl (C=O) groups excluding carboxylic acids is 1. The number of nitrogens with one attached hydrogen (secondary N) is 2. The molecule has 156 valence electrons. The van der Waals surface area contributed by atoms with Crippen LogP contribution in [0.5, 0.6) is 11.5 Å². The number of carbonyl (C=O) groups is 1. The molecule has 2 aromatic carbocycles. The molecule has 7 nitrogen and oxygen atoms in total. The van der Waals surface area contributed by atoms with Crippen LogP contribution in [0.1, 0.15) is 11.1 Å². The Morgan fingerprint density at radius 1 is 0.967 bits per heavy atom. The Morgan fingerprint density at radius 3 is 2.27 bits per heavy atom. The standard InChI is InChI=1S/C22H24N4O3S/c1-15-4-6-16(7-5-15)13-23-20-8-9-22(26-25-20)30-14-21(27)24-17-10-18(28-2)12-19(11-17)29-3/h4-12H,13-14H2,1-3H3,(H,23,25)(H,24,27). The fourth-order valence-corrected chi connectivity index (χ4v) is 3.22. The van der Waals surface area contributed by atoms with Crippen LogP contribution in [-0.2, 0) is 11.3 Å². The van der Waals surface area contributed by atoms with E-state index in [4.69, 9.17) is 9.47 Å². The van der Waals surface area contributed by atoms with Crippen LogP contribution < -0.4 is 20.1 Å². The molecule has 1 heterocycles. The smallest absolute Gasteiger partial charge is 0.234 e. The minimum atomic E-state index is -0.154. The molecule has 0 aliphatic rings. The van der Waals surface area contributed by atoms with Crippen molar-refractivity contribution in [2.45, 2.75) is 18.5 Å². The number of anilines is 2. The highest BCUT2D eigenvalue weighted by molar-refractivity contribution is 7.99. The van der Waals surface area contributed by atoms with Gasteiger partial charge in [-0.2, -0.15) is 0 Å². The molecule has 0 aliphatic carbocycles. The second-order valence-electron chi connectivity index (χ2n) is 6.53. The largest absolute Gasteiger partial charge is 0.497 e. The zero-order valence-corrected chi connectivity index (χ0v) is 18.0. The molecule has 0 saturated heterocycles. The number of hydrogen-bond donors (Lipinski definition) is 2. The number of nitrogens with zero attached hydrogens (tertiary/aromatic N) is 2. The van der Waals surface area contributed by atoms with Crippen LogP contribution in [-0.4, -0.2) is 36.1 Å². The molecule has 1 aromatic heterocycles. The highest BCUT2D eigenvalue weighted by Gasteiger charge is 2.08. The van der Waals surface area contributed by atoms with Crippen molar-refractivity contribution < 1.29 is 14.3 Å². The Kier molecular flexibility index (Phi) is 7.51. The van der Waals surface area contributed by atoms with Gasteiger partial charge in [0.25, 0.3) is 0 Å². The van der Waals surface area contributed by atoms with Gasteiger partial charge in [0.2, 0.25) is 5.91 Å². The highest BCUT2D eigenvalue weighted by atomic mass is 32.2. The molecule has 2 N–H and O–H groups in total. The maximum atomic E-state index is 12.3. The maximum Gasteiger partial charge on any atom is 0.234 e. The van der Waals surface area contributed by atoms with Crippen molar-refractivity contribution in [1.29, 1.82) is 0 Å². The lowest BCUT2D eigenvalue weighted by Gasteiger charge is -2.10. The third kappa shape index (κ3) is 6.38. The Bertz CT molecular complexity index is 956. The predicted molar refractivity (Wildman–Crippen MR) is 119 cm³/mol. The van der Waals surface area contributed by atoms with Crippen molar-refractivity contribution in [3.63, 3.8) is 0 Å². The molecule has 0 atom stereocenters. The first kappa shape index (κ1) is 21.4. The quantitative estimate of drug-likeness (QED) is 0.499. The molecule has 0 saturated carbocycles. The molecular weight excluding hydrogens is 400 g/mol. The lowest BCUT2D eigenvalue weighted by molar-refractivity contribution is -0.113. The first-order valence-electron chi connectivity index (χ1n) is 9.34. The SMILES string of the molecule is COc1cc(NC(=O)CSc2ccc(NCc3ccc(C)cc3)nn2)cc(OC)c1. The molecule has 0 unspecified atom stereocenters. The Hall–Kier alpha value is -3.26. The topological polar surface area (TPSA) is 85.4 Å². The molecule has 0 fully saturated rings. The van der Waals surface area contributed by atoms with Gasteiger partial charge < -0.3 is 20.1 Å². The number of ether oxygens (including phenoxy) is 2. The summed E-state index contributed by atoms with van der Waals surface area (Å²) in [6, 6.07) is 17.2. The van der Waals surface area contributed by atoms with Crippen LogP contribution in [0.4, 0.5) is 11.5 Å². The van der Waals surface area contributed by atoms with E-state index in [1.165, 1.54) is 22.9 Å². The van der Waals surface area contributed by atoms with Gasteiger partial charge in [-0.3, -0.25) is 4.79 Å². The molecule has 8 heteroatoms. The predicted octanol–water partition coefficient (Wildman–Crippen LogP) is 4.15. The first-order chi connectivity index (χ1) is 14.6. The molecule has 0 radical (unpaired) electrons. The summed E-state index contributed by atoms with van der Waals surface area (Å²) in [5.74, 6) is 1.96. The summed E-state index contributed by atoms with van der Waals surface area (Å²) in [5.41, 5.74) is 3.01. The van der Waals surface area contributed by atoms with Crippen LogP contribution in [0.2, 0.25) is 0 Å². The number of aromatic nitrogens is 2. The minimum absolute atomic E-state index is 0.154. The van der Waals surface area contributed by atoms with E-state index in [2.05, 4.69) is 52.0 Å². The van der Waals surface area contributed by atoms with Crippen molar-refractivity contribution in [2.24, 2.45) is 0 Å². The number of methoxy groups -OCH3 is 2. The second kappa shape index (κ2) is 10.5. The van der Waals surface area contributed by atoms with E-state index in [1.807, 2.05) is 12.1 Å². The monoisotopic (exact) mass is 424 g/mol. The van der Waals surface area contributed by atoms with Gasteiger partial charge in [0.05, 0.1) is 20.0 Å². The number of aryl methyl sites for hydroxylation is 1. The summed E-state index contributed by atoms with van der Waals surface area (Å²) in [6.45, 7) is 2.74. The van der Waals surface area contributed by atoms with E-state index in [1.54, 1.807) is 32.4 Å². The van der Waals surface area contributed by atoms with Crippen molar-refractivity contribution in [2.75, 3.05) is 30.6 Å². The molecule has 3 aromatic rings. The van der Waals surface area contributed by atoms with Crippen LogP contribution in [0, 0.1) is 6.92 Å². The fourth-order valence-electron chi connectivity index (χ4n) is 2.61. The van der Waals surface area contributed by atoms with E-state index in [-0.39, 0.29) is 11.7 Å². The zero-order chi connectivity index (χ0) is 21.3. The minimum Gasteiger partial charge on any atom is -0.497 e. The molecule has 1 amide bonds. The van der Waals surface area contributed by atoms with Gasteiger partial charge in [-0.1, -0.05) is 41.6 Å². The lowest BCUT2D eigenvalue weighted by Crippen LogP contribution is -2.14. The molecular formula is C22H24N4O3S. The summed E-state index contributed by atoms with van der Waals surface area (Å²) >= 11 is 1.32. The van der Waals surface area contributed by atoms with Crippen molar-refractivity contribution >= 4 is 29.2 Å². The summed E-state index contributed by atoms with van der Waals surface area (Å²) in [7, 11) is 3.13.